The van der Waals surface area contributed by atoms with Gasteiger partial charge in [-0.1, -0.05) is 17.7 Å². The quantitative estimate of drug-likeness (QED) is 0.668. The van der Waals surface area contributed by atoms with Gasteiger partial charge >= 0.3 is 0 Å². The van der Waals surface area contributed by atoms with E-state index in [-0.39, 0.29) is 5.56 Å². The van der Waals surface area contributed by atoms with Gasteiger partial charge in [-0.05, 0) is 45.4 Å². The molecule has 2 aromatic heterocycles. The summed E-state index contributed by atoms with van der Waals surface area (Å²) in [5.74, 6) is 1.63. The van der Waals surface area contributed by atoms with Gasteiger partial charge in [0.05, 0.1) is 12.0 Å². The second-order valence-electron chi connectivity index (χ2n) is 5.71. The van der Waals surface area contributed by atoms with Crippen molar-refractivity contribution in [2.75, 3.05) is 6.61 Å². The highest BCUT2D eigenvalue weighted by Crippen LogP contribution is 2.20. The topological polar surface area (TPSA) is 44.1 Å². The lowest BCUT2D eigenvalue weighted by Crippen LogP contribution is -2.24. The van der Waals surface area contributed by atoms with Crippen LogP contribution in [0.15, 0.2) is 35.1 Å². The van der Waals surface area contributed by atoms with Gasteiger partial charge in [0.25, 0.3) is 5.56 Å². The van der Waals surface area contributed by atoms with Crippen LogP contribution in [0.5, 0.6) is 5.75 Å². The lowest BCUT2D eigenvalue weighted by atomic mass is 10.2. The fraction of sp³-hybridized carbons (Fsp3) is 0.333. The third-order valence-corrected chi connectivity index (χ3v) is 4.73. The molecule has 0 aliphatic heterocycles. The van der Waals surface area contributed by atoms with E-state index < -0.39 is 0 Å². The van der Waals surface area contributed by atoms with E-state index in [4.69, 9.17) is 4.74 Å². The van der Waals surface area contributed by atoms with Gasteiger partial charge in [-0.3, -0.25) is 9.36 Å². The minimum absolute atomic E-state index is 0.0483. The zero-order chi connectivity index (χ0) is 16.4. The van der Waals surface area contributed by atoms with E-state index in [1.54, 1.807) is 15.9 Å². The van der Waals surface area contributed by atoms with Crippen LogP contribution in [0.3, 0.4) is 0 Å². The minimum Gasteiger partial charge on any atom is -0.494 e. The molecule has 23 heavy (non-hydrogen) atoms. The highest BCUT2D eigenvalue weighted by Gasteiger charge is 2.10. The van der Waals surface area contributed by atoms with Crippen LogP contribution in [0.1, 0.15) is 22.7 Å². The van der Waals surface area contributed by atoms with E-state index in [2.05, 4.69) is 4.98 Å². The first-order chi connectivity index (χ1) is 11.0. The summed E-state index contributed by atoms with van der Waals surface area (Å²) in [6, 6.07) is 9.92. The molecule has 1 aromatic carbocycles. The predicted octanol–water partition coefficient (Wildman–Crippen LogP) is 3.85. The molecule has 0 spiro atoms. The van der Waals surface area contributed by atoms with Crippen molar-refractivity contribution >= 4 is 21.6 Å². The van der Waals surface area contributed by atoms with Crippen LogP contribution >= 0.6 is 11.3 Å². The predicted molar refractivity (Wildman–Crippen MR) is 94.6 cm³/mol. The number of fused-ring (bicyclic) bond motifs is 1. The Kier molecular flexibility index (Phi) is 4.48. The first kappa shape index (κ1) is 15.7. The third-order valence-electron chi connectivity index (χ3n) is 3.78. The van der Waals surface area contributed by atoms with Gasteiger partial charge in [-0.15, -0.1) is 11.3 Å². The van der Waals surface area contributed by atoms with Crippen molar-refractivity contribution in [1.29, 1.82) is 0 Å². The highest BCUT2D eigenvalue weighted by molar-refractivity contribution is 7.18. The second-order valence-corrected chi connectivity index (χ2v) is 6.94. The molecule has 0 aliphatic rings. The molecule has 3 aromatic rings. The Morgan fingerprint density at radius 2 is 1.91 bits per heavy atom. The Morgan fingerprint density at radius 3 is 2.65 bits per heavy atom. The third kappa shape index (κ3) is 3.45. The SMILES string of the molecule is Cc1ccc(OCCCn2c(C)nc3sc(C)cc3c2=O)cc1. The molecule has 0 bridgehead atoms. The highest BCUT2D eigenvalue weighted by atomic mass is 32.1. The summed E-state index contributed by atoms with van der Waals surface area (Å²) in [4.78, 5) is 19.0. The Morgan fingerprint density at radius 1 is 1.17 bits per heavy atom. The van der Waals surface area contributed by atoms with E-state index >= 15 is 0 Å². The molecule has 0 radical (unpaired) electrons. The molecule has 3 rings (SSSR count). The first-order valence-electron chi connectivity index (χ1n) is 7.71. The average Bonchev–Trinajstić information content (AvgIpc) is 2.88. The van der Waals surface area contributed by atoms with Crippen LogP contribution in [-0.2, 0) is 6.54 Å². The van der Waals surface area contributed by atoms with Gasteiger partial charge in [-0.25, -0.2) is 4.98 Å². The number of aryl methyl sites for hydroxylation is 3. The van der Waals surface area contributed by atoms with Crippen molar-refractivity contribution in [3.8, 4) is 5.75 Å². The fourth-order valence-corrected chi connectivity index (χ4v) is 3.46. The van der Waals surface area contributed by atoms with Crippen LogP contribution in [0.25, 0.3) is 10.2 Å². The van der Waals surface area contributed by atoms with Crippen LogP contribution < -0.4 is 10.3 Å². The van der Waals surface area contributed by atoms with Crippen molar-refractivity contribution in [3.63, 3.8) is 0 Å². The molecule has 0 unspecified atom stereocenters. The van der Waals surface area contributed by atoms with Gasteiger partial charge in [0, 0.05) is 11.4 Å². The molecule has 120 valence electrons. The maximum Gasteiger partial charge on any atom is 0.262 e. The number of aromatic nitrogens is 2. The van der Waals surface area contributed by atoms with Crippen LogP contribution in [0.4, 0.5) is 0 Å². The Bertz CT molecular complexity index is 878. The Labute approximate surface area is 139 Å². The minimum atomic E-state index is 0.0483. The molecule has 0 saturated carbocycles. The van der Waals surface area contributed by atoms with Crippen LogP contribution in [0.2, 0.25) is 0 Å². The number of hydrogen-bond acceptors (Lipinski definition) is 4. The molecule has 0 amide bonds. The molecule has 0 fully saturated rings. The van der Waals surface area contributed by atoms with Crippen molar-refractivity contribution < 1.29 is 4.74 Å². The van der Waals surface area contributed by atoms with E-state index in [1.165, 1.54) is 5.56 Å². The molecule has 0 aliphatic carbocycles. The molecule has 0 N–H and O–H groups in total. The number of benzene rings is 1. The Balaban J connectivity index is 1.67. The van der Waals surface area contributed by atoms with Crippen molar-refractivity contribution in [1.82, 2.24) is 9.55 Å². The summed E-state index contributed by atoms with van der Waals surface area (Å²) in [6.45, 7) is 7.13. The molecule has 4 nitrogen and oxygen atoms in total. The van der Waals surface area contributed by atoms with Gasteiger partial charge in [0.1, 0.15) is 16.4 Å². The lowest BCUT2D eigenvalue weighted by molar-refractivity contribution is 0.300. The number of thiophene rings is 1. The van der Waals surface area contributed by atoms with Gasteiger partial charge in [0.2, 0.25) is 0 Å². The largest absolute Gasteiger partial charge is 0.494 e. The molecule has 2 heterocycles. The van der Waals surface area contributed by atoms with Gasteiger partial charge in [0.15, 0.2) is 0 Å². The van der Waals surface area contributed by atoms with E-state index in [1.807, 2.05) is 51.1 Å². The first-order valence-corrected chi connectivity index (χ1v) is 8.53. The summed E-state index contributed by atoms with van der Waals surface area (Å²) in [6.07, 6.45) is 0.769. The number of nitrogens with zero attached hydrogens (tertiary/aromatic N) is 2. The molecular formula is C18H20N2O2S. The molecule has 0 atom stereocenters. The van der Waals surface area contributed by atoms with Crippen molar-refractivity contribution in [2.45, 2.75) is 33.7 Å². The Hall–Kier alpha value is -2.14. The molecule has 0 saturated heterocycles. The summed E-state index contributed by atoms with van der Waals surface area (Å²) in [5, 5.41) is 0.720. The average molecular weight is 328 g/mol. The van der Waals surface area contributed by atoms with E-state index in [0.29, 0.717) is 13.2 Å². The maximum absolute atomic E-state index is 12.6. The standard InChI is InChI=1S/C18H20N2O2S/c1-12-5-7-15(8-6-12)22-10-4-9-20-14(3)19-17-16(18(20)21)11-13(2)23-17/h5-8,11H,4,9-10H2,1-3H3. The van der Waals surface area contributed by atoms with Crippen LogP contribution in [0, 0.1) is 20.8 Å². The zero-order valence-electron chi connectivity index (χ0n) is 13.6. The van der Waals surface area contributed by atoms with E-state index in [0.717, 1.165) is 33.1 Å². The summed E-state index contributed by atoms with van der Waals surface area (Å²) in [7, 11) is 0. The molecule has 5 heteroatoms. The fourth-order valence-electron chi connectivity index (χ4n) is 2.55. The smallest absolute Gasteiger partial charge is 0.262 e. The van der Waals surface area contributed by atoms with E-state index in [9.17, 15) is 4.79 Å². The number of rotatable bonds is 5. The van der Waals surface area contributed by atoms with Gasteiger partial charge in [-0.2, -0.15) is 0 Å². The number of ether oxygens (including phenoxy) is 1. The van der Waals surface area contributed by atoms with Gasteiger partial charge < -0.3 is 4.74 Å². The lowest BCUT2D eigenvalue weighted by Gasteiger charge is -2.10. The van der Waals surface area contributed by atoms with Crippen LogP contribution in [-0.4, -0.2) is 16.2 Å². The zero-order valence-corrected chi connectivity index (χ0v) is 14.4. The normalized spacial score (nSPS) is 11.1. The van der Waals surface area contributed by atoms with Crippen molar-refractivity contribution in [3.05, 3.63) is 57.0 Å². The summed E-state index contributed by atoms with van der Waals surface area (Å²) < 4.78 is 7.46. The van der Waals surface area contributed by atoms with Crippen molar-refractivity contribution in [2.24, 2.45) is 0 Å². The molecular weight excluding hydrogens is 308 g/mol. The summed E-state index contributed by atoms with van der Waals surface area (Å²) >= 11 is 1.57. The number of hydrogen-bond donors (Lipinski definition) is 0. The maximum atomic E-state index is 12.6. The monoisotopic (exact) mass is 328 g/mol. The second kappa shape index (κ2) is 6.54. The summed E-state index contributed by atoms with van der Waals surface area (Å²) in [5.41, 5.74) is 1.26.